The number of benzene rings is 4. The third-order valence-electron chi connectivity index (χ3n) is 7.88. The minimum atomic E-state index is 0.334. The Labute approximate surface area is 227 Å². The van der Waals surface area contributed by atoms with Crippen LogP contribution < -0.4 is 0 Å². The lowest BCUT2D eigenvalue weighted by atomic mass is 9.92. The highest BCUT2D eigenvalue weighted by molar-refractivity contribution is 6.11. The molecule has 0 unspecified atom stereocenters. The van der Waals surface area contributed by atoms with Gasteiger partial charge in [0.25, 0.3) is 0 Å². The fraction of sp³-hybridized carbons (Fsp3) is 0.200. The first-order valence-corrected chi connectivity index (χ1v) is 13.8. The SMILES string of the molecule is Cc1nc2ccccc2c2c1nc(-c1cccc3c1oc1ccccc13)n2-c1c(C(C)C)cccc1C(C)C. The predicted molar refractivity (Wildman–Crippen MR) is 162 cm³/mol. The van der Waals surface area contributed by atoms with Crippen LogP contribution in [0, 0.1) is 6.92 Å². The van der Waals surface area contributed by atoms with Crippen LogP contribution >= 0.6 is 0 Å². The molecule has 192 valence electrons. The van der Waals surface area contributed by atoms with Crippen molar-refractivity contribution in [2.75, 3.05) is 0 Å². The third-order valence-corrected chi connectivity index (χ3v) is 7.88. The highest BCUT2D eigenvalue weighted by Gasteiger charge is 2.26. The number of para-hydroxylation sites is 4. The van der Waals surface area contributed by atoms with Gasteiger partial charge in [-0.05, 0) is 48.1 Å². The molecule has 0 saturated carbocycles. The van der Waals surface area contributed by atoms with Crippen LogP contribution in [-0.4, -0.2) is 14.5 Å². The summed E-state index contributed by atoms with van der Waals surface area (Å²) < 4.78 is 8.93. The molecule has 0 amide bonds. The highest BCUT2D eigenvalue weighted by atomic mass is 16.3. The molecule has 7 rings (SSSR count). The van der Waals surface area contributed by atoms with Gasteiger partial charge in [-0.3, -0.25) is 9.55 Å². The van der Waals surface area contributed by atoms with E-state index in [9.17, 15) is 0 Å². The van der Waals surface area contributed by atoms with Gasteiger partial charge in [0.1, 0.15) is 22.5 Å². The average molecular weight is 510 g/mol. The molecule has 0 atom stereocenters. The summed E-state index contributed by atoms with van der Waals surface area (Å²) in [5.74, 6) is 1.55. The van der Waals surface area contributed by atoms with Crippen LogP contribution in [0.5, 0.6) is 0 Å². The van der Waals surface area contributed by atoms with Gasteiger partial charge in [0.05, 0.1) is 28.0 Å². The van der Waals surface area contributed by atoms with Gasteiger partial charge in [0, 0.05) is 16.2 Å². The first-order valence-electron chi connectivity index (χ1n) is 13.8. The van der Waals surface area contributed by atoms with Crippen LogP contribution in [0.1, 0.15) is 56.4 Å². The molecule has 4 heteroatoms. The van der Waals surface area contributed by atoms with Crippen LogP contribution in [-0.2, 0) is 0 Å². The maximum atomic E-state index is 6.53. The van der Waals surface area contributed by atoms with Crippen molar-refractivity contribution in [1.82, 2.24) is 14.5 Å². The summed E-state index contributed by atoms with van der Waals surface area (Å²) in [6, 6.07) is 29.8. The Bertz CT molecular complexity index is 2010. The van der Waals surface area contributed by atoms with Crippen molar-refractivity contribution in [3.8, 4) is 17.1 Å². The molecule has 4 aromatic carbocycles. The van der Waals surface area contributed by atoms with E-state index in [4.69, 9.17) is 14.4 Å². The Morgan fingerprint density at radius 3 is 2.05 bits per heavy atom. The molecule has 4 nitrogen and oxygen atoms in total. The number of rotatable bonds is 4. The van der Waals surface area contributed by atoms with Gasteiger partial charge >= 0.3 is 0 Å². The Morgan fingerprint density at radius 2 is 1.31 bits per heavy atom. The average Bonchev–Trinajstić information content (AvgIpc) is 3.52. The van der Waals surface area contributed by atoms with E-state index in [1.807, 2.05) is 12.1 Å². The number of aryl methyl sites for hydroxylation is 1. The summed E-state index contributed by atoms with van der Waals surface area (Å²) in [7, 11) is 0. The summed E-state index contributed by atoms with van der Waals surface area (Å²) >= 11 is 0. The lowest BCUT2D eigenvalue weighted by Crippen LogP contribution is -2.09. The van der Waals surface area contributed by atoms with Gasteiger partial charge in [-0.15, -0.1) is 0 Å². The number of nitrogens with zero attached hydrogens (tertiary/aromatic N) is 3. The fourth-order valence-corrected chi connectivity index (χ4v) is 6.02. The second-order valence-corrected chi connectivity index (χ2v) is 11.1. The Balaban J connectivity index is 1.72. The number of fused-ring (bicyclic) bond motifs is 6. The second kappa shape index (κ2) is 8.81. The minimum Gasteiger partial charge on any atom is -0.455 e. The Kier molecular flexibility index (Phi) is 5.34. The van der Waals surface area contributed by atoms with Crippen LogP contribution in [0.4, 0.5) is 0 Å². The zero-order valence-electron chi connectivity index (χ0n) is 23.0. The smallest absolute Gasteiger partial charge is 0.149 e. The normalized spacial score (nSPS) is 12.2. The molecule has 0 aliphatic rings. The molecule has 0 aliphatic carbocycles. The van der Waals surface area contributed by atoms with E-state index in [0.29, 0.717) is 11.8 Å². The first-order chi connectivity index (χ1) is 18.9. The van der Waals surface area contributed by atoms with E-state index in [-0.39, 0.29) is 0 Å². The van der Waals surface area contributed by atoms with E-state index in [1.165, 1.54) is 16.8 Å². The van der Waals surface area contributed by atoms with Crippen LogP contribution in [0.2, 0.25) is 0 Å². The van der Waals surface area contributed by atoms with Crippen molar-refractivity contribution < 1.29 is 4.42 Å². The van der Waals surface area contributed by atoms with Gasteiger partial charge in [-0.25, -0.2) is 4.98 Å². The van der Waals surface area contributed by atoms with Crippen molar-refractivity contribution in [3.05, 3.63) is 102 Å². The molecular weight excluding hydrogens is 478 g/mol. The largest absolute Gasteiger partial charge is 0.455 e. The molecule has 3 aromatic heterocycles. The summed E-state index contributed by atoms with van der Waals surface area (Å²) in [5.41, 5.74) is 10.5. The molecule has 39 heavy (non-hydrogen) atoms. The van der Waals surface area contributed by atoms with Crippen molar-refractivity contribution in [2.24, 2.45) is 0 Å². The summed E-state index contributed by atoms with van der Waals surface area (Å²) in [5, 5.41) is 3.32. The van der Waals surface area contributed by atoms with Crippen LogP contribution in [0.25, 0.3) is 61.0 Å². The van der Waals surface area contributed by atoms with Crippen molar-refractivity contribution in [1.29, 1.82) is 0 Å². The molecule has 0 saturated heterocycles. The Hall–Kier alpha value is -4.44. The molecule has 0 fully saturated rings. The van der Waals surface area contributed by atoms with E-state index in [0.717, 1.165) is 61.0 Å². The Morgan fingerprint density at radius 1 is 0.667 bits per heavy atom. The zero-order valence-corrected chi connectivity index (χ0v) is 23.0. The lowest BCUT2D eigenvalue weighted by molar-refractivity contribution is 0.669. The number of hydrogen-bond acceptors (Lipinski definition) is 3. The van der Waals surface area contributed by atoms with E-state index in [1.54, 1.807) is 0 Å². The monoisotopic (exact) mass is 509 g/mol. The molecule has 0 bridgehead atoms. The van der Waals surface area contributed by atoms with Gasteiger partial charge in [0.15, 0.2) is 0 Å². The number of aromatic nitrogens is 3. The lowest BCUT2D eigenvalue weighted by Gasteiger charge is -2.23. The predicted octanol–water partition coefficient (Wildman–Crippen LogP) is 9.70. The van der Waals surface area contributed by atoms with E-state index < -0.39 is 0 Å². The van der Waals surface area contributed by atoms with E-state index in [2.05, 4.69) is 112 Å². The van der Waals surface area contributed by atoms with Crippen LogP contribution in [0.3, 0.4) is 0 Å². The minimum absolute atomic E-state index is 0.334. The van der Waals surface area contributed by atoms with Crippen molar-refractivity contribution >= 4 is 43.9 Å². The van der Waals surface area contributed by atoms with Crippen molar-refractivity contribution in [3.63, 3.8) is 0 Å². The second-order valence-electron chi connectivity index (χ2n) is 11.1. The molecule has 0 aliphatic heterocycles. The molecule has 3 heterocycles. The van der Waals surface area contributed by atoms with Gasteiger partial charge in [0.2, 0.25) is 0 Å². The summed E-state index contributed by atoms with van der Waals surface area (Å²) in [4.78, 5) is 10.3. The van der Waals surface area contributed by atoms with Crippen LogP contribution in [0.15, 0.2) is 89.3 Å². The van der Waals surface area contributed by atoms with E-state index >= 15 is 0 Å². The van der Waals surface area contributed by atoms with Gasteiger partial charge in [-0.1, -0.05) is 94.4 Å². The summed E-state index contributed by atoms with van der Waals surface area (Å²) in [6.45, 7) is 11.1. The van der Waals surface area contributed by atoms with Gasteiger partial charge in [-0.2, -0.15) is 0 Å². The number of imidazole rings is 1. The first kappa shape index (κ1) is 23.7. The maximum absolute atomic E-state index is 6.53. The standard InChI is InChI=1S/C35H31N3O/c1-20(2)23-14-10-15-24(21(3)4)32(23)38-33-27-13-6-8-18-29(27)36-22(5)31(33)37-35(38)28-17-11-16-26-25-12-7-9-19-30(25)39-34(26)28/h6-21H,1-5H3. The molecule has 0 spiro atoms. The fourth-order valence-electron chi connectivity index (χ4n) is 6.02. The van der Waals surface area contributed by atoms with Gasteiger partial charge < -0.3 is 4.42 Å². The maximum Gasteiger partial charge on any atom is 0.149 e. The topological polar surface area (TPSA) is 43.9 Å². The molecule has 0 radical (unpaired) electrons. The highest BCUT2D eigenvalue weighted by Crippen LogP contribution is 2.42. The molecular formula is C35H31N3O. The molecule has 7 aromatic rings. The zero-order chi connectivity index (χ0) is 26.8. The number of furan rings is 1. The van der Waals surface area contributed by atoms with Crippen molar-refractivity contribution in [2.45, 2.75) is 46.5 Å². The number of hydrogen-bond donors (Lipinski definition) is 0. The molecule has 0 N–H and O–H groups in total. The number of pyridine rings is 1. The summed E-state index contributed by atoms with van der Waals surface area (Å²) in [6.07, 6.45) is 0. The third kappa shape index (κ3) is 3.51. The quantitative estimate of drug-likeness (QED) is 0.237.